The summed E-state index contributed by atoms with van der Waals surface area (Å²) in [4.78, 5) is 22.0. The van der Waals surface area contributed by atoms with Crippen molar-refractivity contribution in [3.8, 4) is 0 Å². The minimum atomic E-state index is -1.23. The maximum Gasteiger partial charge on any atom is 0.337 e. The van der Waals surface area contributed by atoms with Gasteiger partial charge in [0.1, 0.15) is 0 Å². The van der Waals surface area contributed by atoms with Crippen LogP contribution in [0.15, 0.2) is 36.4 Å². The summed E-state index contributed by atoms with van der Waals surface area (Å²) in [6, 6.07) is 9.72. The predicted molar refractivity (Wildman–Crippen MR) is 95.6 cm³/mol. The smallest absolute Gasteiger partial charge is 0.337 e. The van der Waals surface area contributed by atoms with Crippen LogP contribution in [0.1, 0.15) is 59.2 Å². The highest BCUT2D eigenvalue weighted by Crippen LogP contribution is 2.22. The van der Waals surface area contributed by atoms with E-state index in [0.717, 1.165) is 0 Å². The molecule has 0 aromatic heterocycles. The van der Waals surface area contributed by atoms with Gasteiger partial charge in [-0.3, -0.25) is 0 Å². The van der Waals surface area contributed by atoms with E-state index < -0.39 is 11.9 Å². The van der Waals surface area contributed by atoms with Crippen molar-refractivity contribution in [1.29, 1.82) is 0 Å². The summed E-state index contributed by atoms with van der Waals surface area (Å²) in [6.45, 7) is 0. The fourth-order valence-corrected chi connectivity index (χ4v) is 2.74. The highest BCUT2D eigenvalue weighted by molar-refractivity contribution is 6.11. The Morgan fingerprint density at radius 3 is 1.67 bits per heavy atom. The number of hydrogen-bond donors (Lipinski definition) is 4. The Hall–Kier alpha value is -2.44. The van der Waals surface area contributed by atoms with E-state index in [1.54, 1.807) is 30.3 Å². The molecule has 0 atom stereocenters. The fourth-order valence-electron chi connectivity index (χ4n) is 2.74. The molecule has 0 heterocycles. The minimum Gasteiger partial charge on any atom is -0.478 e. The van der Waals surface area contributed by atoms with Crippen LogP contribution in [0.25, 0.3) is 10.8 Å². The molecule has 0 bridgehead atoms. The first-order chi connectivity index (χ1) is 10.6. The van der Waals surface area contributed by atoms with Gasteiger partial charge in [0.25, 0.3) is 0 Å². The zero-order valence-corrected chi connectivity index (χ0v) is 13.8. The molecule has 6 nitrogen and oxygen atoms in total. The third-order valence-corrected chi connectivity index (χ3v) is 3.87. The molecule has 2 aromatic carbocycles. The molecule has 6 heteroatoms. The molecule has 1 fully saturated rings. The Bertz CT molecular complexity index is 670. The Kier molecular flexibility index (Phi) is 9.30. The van der Waals surface area contributed by atoms with Crippen LogP contribution in [0.3, 0.4) is 0 Å². The van der Waals surface area contributed by atoms with Gasteiger partial charge in [0.05, 0.1) is 11.1 Å². The summed E-state index contributed by atoms with van der Waals surface area (Å²) in [7, 11) is 0. The van der Waals surface area contributed by atoms with Gasteiger partial charge in [0.15, 0.2) is 0 Å². The number of aromatic carboxylic acids is 2. The maximum absolute atomic E-state index is 11.1. The van der Waals surface area contributed by atoms with Gasteiger partial charge in [0.2, 0.25) is 0 Å². The van der Waals surface area contributed by atoms with Crippen molar-refractivity contribution in [2.24, 2.45) is 0 Å². The Morgan fingerprint density at radius 2 is 1.21 bits per heavy atom. The van der Waals surface area contributed by atoms with Crippen molar-refractivity contribution < 1.29 is 19.8 Å². The molecule has 0 saturated heterocycles. The summed E-state index contributed by atoms with van der Waals surface area (Å²) in [6.07, 6.45) is 9.00. The lowest BCUT2D eigenvalue weighted by atomic mass is 9.99. The predicted octanol–water partition coefficient (Wildman–Crippen LogP) is 4.90. The summed E-state index contributed by atoms with van der Waals surface area (Å²) < 4.78 is 0. The lowest BCUT2D eigenvalue weighted by Crippen LogP contribution is -2.08. The van der Waals surface area contributed by atoms with E-state index in [1.165, 1.54) is 44.6 Å². The Labute approximate surface area is 141 Å². The van der Waals surface area contributed by atoms with E-state index in [0.29, 0.717) is 10.8 Å². The zero-order valence-electron chi connectivity index (χ0n) is 13.8. The van der Waals surface area contributed by atoms with Crippen LogP contribution >= 0.6 is 0 Å². The maximum atomic E-state index is 11.1. The standard InChI is InChI=1S/C12H8O4.C6H12.2H3N/c13-11(14)9-6-5-7-3-1-2-4-8(7)10(9)12(15)16;1-2-4-6-5-3-1;;/h1-6H,(H,13,14)(H,15,16);1-6H2;2*1H3. The number of carbonyl (C=O) groups is 2. The summed E-state index contributed by atoms with van der Waals surface area (Å²) in [5.41, 5.74) is -0.350. The molecule has 0 spiro atoms. The van der Waals surface area contributed by atoms with Crippen molar-refractivity contribution in [2.75, 3.05) is 0 Å². The van der Waals surface area contributed by atoms with Crippen molar-refractivity contribution in [2.45, 2.75) is 38.5 Å². The number of fused-ring (bicyclic) bond motifs is 1. The molecule has 1 aliphatic rings. The molecule has 0 radical (unpaired) electrons. The van der Waals surface area contributed by atoms with Gasteiger partial charge >= 0.3 is 11.9 Å². The van der Waals surface area contributed by atoms with E-state index in [2.05, 4.69) is 0 Å². The molecular formula is C18H26N2O4. The summed E-state index contributed by atoms with van der Waals surface area (Å²) >= 11 is 0. The first-order valence-corrected chi connectivity index (χ1v) is 7.59. The van der Waals surface area contributed by atoms with Gasteiger partial charge in [-0.1, -0.05) is 68.9 Å². The lowest BCUT2D eigenvalue weighted by molar-refractivity contribution is 0.0653. The number of hydrogen-bond acceptors (Lipinski definition) is 4. The third kappa shape index (κ3) is 5.33. The minimum absolute atomic E-state index is 0. The number of rotatable bonds is 2. The molecule has 8 N–H and O–H groups in total. The van der Waals surface area contributed by atoms with Crippen molar-refractivity contribution in [3.05, 3.63) is 47.5 Å². The molecule has 0 aliphatic heterocycles. The van der Waals surface area contributed by atoms with Crippen LogP contribution in [-0.4, -0.2) is 22.2 Å². The van der Waals surface area contributed by atoms with Crippen molar-refractivity contribution in [3.63, 3.8) is 0 Å². The van der Waals surface area contributed by atoms with Gasteiger partial charge in [0, 0.05) is 0 Å². The van der Waals surface area contributed by atoms with Crippen LogP contribution < -0.4 is 12.3 Å². The Balaban J connectivity index is 0.000000565. The van der Waals surface area contributed by atoms with E-state index in [-0.39, 0.29) is 23.4 Å². The van der Waals surface area contributed by atoms with E-state index in [1.807, 2.05) is 0 Å². The first kappa shape index (κ1) is 21.6. The zero-order chi connectivity index (χ0) is 15.9. The normalized spacial score (nSPS) is 12.8. The van der Waals surface area contributed by atoms with Crippen LogP contribution in [-0.2, 0) is 0 Å². The molecule has 1 saturated carbocycles. The topological polar surface area (TPSA) is 145 Å². The average Bonchev–Trinajstić information content (AvgIpc) is 2.55. The van der Waals surface area contributed by atoms with E-state index in [9.17, 15) is 9.59 Å². The van der Waals surface area contributed by atoms with Gasteiger partial charge in [-0.05, 0) is 16.8 Å². The second kappa shape index (κ2) is 10.4. The SMILES string of the molecule is C1CCCCC1.N.N.O=C(O)c1ccc2ccccc2c1C(=O)O. The van der Waals surface area contributed by atoms with Crippen LogP contribution in [0.4, 0.5) is 0 Å². The number of carboxylic acids is 2. The highest BCUT2D eigenvalue weighted by Gasteiger charge is 2.18. The van der Waals surface area contributed by atoms with Gasteiger partial charge in [-0.2, -0.15) is 0 Å². The molecule has 0 unspecified atom stereocenters. The van der Waals surface area contributed by atoms with Crippen LogP contribution in [0.5, 0.6) is 0 Å². The molecular weight excluding hydrogens is 308 g/mol. The number of carboxylic acid groups (broad SMARTS) is 2. The van der Waals surface area contributed by atoms with Crippen molar-refractivity contribution >= 4 is 22.7 Å². The third-order valence-electron chi connectivity index (χ3n) is 3.87. The molecule has 132 valence electrons. The fraction of sp³-hybridized carbons (Fsp3) is 0.333. The monoisotopic (exact) mass is 334 g/mol. The summed E-state index contributed by atoms with van der Waals surface area (Å²) in [5, 5.41) is 19.1. The lowest BCUT2D eigenvalue weighted by Gasteiger charge is -2.05. The second-order valence-electron chi connectivity index (χ2n) is 5.44. The van der Waals surface area contributed by atoms with Crippen molar-refractivity contribution in [1.82, 2.24) is 12.3 Å². The summed E-state index contributed by atoms with van der Waals surface area (Å²) in [5.74, 6) is -2.46. The largest absolute Gasteiger partial charge is 0.478 e. The average molecular weight is 334 g/mol. The second-order valence-corrected chi connectivity index (χ2v) is 5.44. The quantitative estimate of drug-likeness (QED) is 0.614. The number of benzene rings is 2. The molecule has 0 amide bonds. The van der Waals surface area contributed by atoms with Gasteiger partial charge in [-0.25, -0.2) is 9.59 Å². The van der Waals surface area contributed by atoms with Gasteiger partial charge < -0.3 is 22.5 Å². The van der Waals surface area contributed by atoms with E-state index in [4.69, 9.17) is 10.2 Å². The molecule has 2 aromatic rings. The first-order valence-electron chi connectivity index (χ1n) is 7.59. The van der Waals surface area contributed by atoms with Gasteiger partial charge in [-0.15, -0.1) is 0 Å². The van der Waals surface area contributed by atoms with Crippen LogP contribution in [0.2, 0.25) is 0 Å². The molecule has 1 aliphatic carbocycles. The highest BCUT2D eigenvalue weighted by atomic mass is 16.4. The molecule has 24 heavy (non-hydrogen) atoms. The van der Waals surface area contributed by atoms with E-state index >= 15 is 0 Å². The van der Waals surface area contributed by atoms with Crippen LogP contribution in [0, 0.1) is 0 Å². The molecule has 3 rings (SSSR count). The Morgan fingerprint density at radius 1 is 0.708 bits per heavy atom.